The van der Waals surface area contributed by atoms with Crippen molar-refractivity contribution in [3.05, 3.63) is 47.3 Å². The molecule has 162 valence electrons. The van der Waals surface area contributed by atoms with E-state index >= 15 is 0 Å². The number of hydrogen-bond donors (Lipinski definition) is 2. The van der Waals surface area contributed by atoms with E-state index in [1.807, 2.05) is 24.3 Å². The normalized spacial score (nSPS) is 16.9. The van der Waals surface area contributed by atoms with Crippen LogP contribution in [0.3, 0.4) is 0 Å². The molecule has 0 bridgehead atoms. The molecule has 0 aliphatic carbocycles. The number of nitrogens with one attached hydrogen (secondary N) is 2. The number of carbonyl (C=O) groups is 2. The highest BCUT2D eigenvalue weighted by molar-refractivity contribution is 7.91. The lowest BCUT2D eigenvalue weighted by atomic mass is 10.1. The number of nitrogens with zero attached hydrogens (tertiary/aromatic N) is 1. The van der Waals surface area contributed by atoms with Crippen LogP contribution in [-0.2, 0) is 26.0 Å². The Morgan fingerprint density at radius 3 is 2.57 bits per heavy atom. The molecule has 1 aromatic carbocycles. The SMILES string of the molecule is COc1ccc(CCNC(=O)C(=O)NC[C@H]2CCCN2S(=O)(=O)c2cccs2)cc1. The van der Waals surface area contributed by atoms with E-state index in [9.17, 15) is 18.0 Å². The van der Waals surface area contributed by atoms with Crippen LogP contribution in [0.5, 0.6) is 5.75 Å². The lowest BCUT2D eigenvalue weighted by Gasteiger charge is -2.23. The van der Waals surface area contributed by atoms with Crippen LogP contribution in [0.4, 0.5) is 0 Å². The number of sulfonamides is 1. The number of benzene rings is 1. The minimum Gasteiger partial charge on any atom is -0.497 e. The molecule has 2 amide bonds. The molecular formula is C20H25N3O5S2. The van der Waals surface area contributed by atoms with E-state index in [-0.39, 0.29) is 16.8 Å². The molecule has 2 aromatic rings. The van der Waals surface area contributed by atoms with Crippen molar-refractivity contribution in [1.29, 1.82) is 0 Å². The van der Waals surface area contributed by atoms with Gasteiger partial charge < -0.3 is 15.4 Å². The third kappa shape index (κ3) is 5.38. The van der Waals surface area contributed by atoms with Crippen molar-refractivity contribution in [2.45, 2.75) is 29.5 Å². The van der Waals surface area contributed by atoms with Crippen molar-refractivity contribution < 1.29 is 22.7 Å². The summed E-state index contributed by atoms with van der Waals surface area (Å²) in [4.78, 5) is 24.1. The number of thiophene rings is 1. The predicted octanol–water partition coefficient (Wildman–Crippen LogP) is 1.38. The summed E-state index contributed by atoms with van der Waals surface area (Å²) in [7, 11) is -1.98. The second-order valence-electron chi connectivity index (χ2n) is 6.91. The summed E-state index contributed by atoms with van der Waals surface area (Å²) < 4.78 is 32.3. The predicted molar refractivity (Wildman–Crippen MR) is 114 cm³/mol. The molecule has 2 heterocycles. The molecule has 8 nitrogen and oxygen atoms in total. The van der Waals surface area contributed by atoms with Crippen LogP contribution in [0.2, 0.25) is 0 Å². The maximum absolute atomic E-state index is 12.7. The Labute approximate surface area is 180 Å². The maximum Gasteiger partial charge on any atom is 0.309 e. The first-order valence-corrected chi connectivity index (χ1v) is 12.0. The lowest BCUT2D eigenvalue weighted by molar-refractivity contribution is -0.139. The van der Waals surface area contributed by atoms with Crippen LogP contribution in [0.15, 0.2) is 46.0 Å². The van der Waals surface area contributed by atoms with Crippen molar-refractivity contribution in [3.8, 4) is 5.75 Å². The monoisotopic (exact) mass is 451 g/mol. The molecule has 30 heavy (non-hydrogen) atoms. The van der Waals surface area contributed by atoms with Gasteiger partial charge in [-0.1, -0.05) is 18.2 Å². The number of ether oxygens (including phenoxy) is 1. The van der Waals surface area contributed by atoms with E-state index < -0.39 is 21.8 Å². The highest BCUT2D eigenvalue weighted by atomic mass is 32.2. The molecule has 10 heteroatoms. The first-order valence-electron chi connectivity index (χ1n) is 9.66. The lowest BCUT2D eigenvalue weighted by Crippen LogP contribution is -2.47. The molecule has 2 N–H and O–H groups in total. The average Bonchev–Trinajstić information content (AvgIpc) is 3.45. The Morgan fingerprint density at radius 1 is 1.17 bits per heavy atom. The van der Waals surface area contributed by atoms with Gasteiger partial charge in [-0.15, -0.1) is 11.3 Å². The molecular weight excluding hydrogens is 426 g/mol. The van der Waals surface area contributed by atoms with Crippen LogP contribution in [-0.4, -0.2) is 57.3 Å². The van der Waals surface area contributed by atoms with Crippen LogP contribution < -0.4 is 15.4 Å². The van der Waals surface area contributed by atoms with E-state index in [4.69, 9.17) is 4.74 Å². The van der Waals surface area contributed by atoms with Gasteiger partial charge in [-0.25, -0.2) is 8.42 Å². The summed E-state index contributed by atoms with van der Waals surface area (Å²) in [5, 5.41) is 6.87. The Balaban J connectivity index is 1.45. The second kappa shape index (κ2) is 10.1. The fourth-order valence-corrected chi connectivity index (χ4v) is 6.15. The smallest absolute Gasteiger partial charge is 0.309 e. The quantitative estimate of drug-likeness (QED) is 0.590. The van der Waals surface area contributed by atoms with Gasteiger partial charge in [0.1, 0.15) is 9.96 Å². The second-order valence-corrected chi connectivity index (χ2v) is 9.97. The molecule has 1 aliphatic heterocycles. The zero-order chi connectivity index (χ0) is 21.6. The van der Waals surface area contributed by atoms with Gasteiger partial charge in [-0.05, 0) is 48.4 Å². The summed E-state index contributed by atoms with van der Waals surface area (Å²) in [6.45, 7) is 0.838. The molecule has 1 aliphatic rings. The Hall–Kier alpha value is -2.43. The Bertz CT molecular complexity index is 959. The van der Waals surface area contributed by atoms with Gasteiger partial charge in [0.2, 0.25) is 0 Å². The van der Waals surface area contributed by atoms with Gasteiger partial charge in [0.15, 0.2) is 0 Å². The van der Waals surface area contributed by atoms with Gasteiger partial charge in [0.05, 0.1) is 7.11 Å². The van der Waals surface area contributed by atoms with Crippen molar-refractivity contribution in [3.63, 3.8) is 0 Å². The Morgan fingerprint density at radius 2 is 1.90 bits per heavy atom. The highest BCUT2D eigenvalue weighted by Crippen LogP contribution is 2.28. The molecule has 1 fully saturated rings. The largest absolute Gasteiger partial charge is 0.497 e. The van der Waals surface area contributed by atoms with Crippen LogP contribution in [0.25, 0.3) is 0 Å². The fourth-order valence-electron chi connectivity index (χ4n) is 3.34. The van der Waals surface area contributed by atoms with Gasteiger partial charge in [0.25, 0.3) is 10.0 Å². The number of methoxy groups -OCH3 is 1. The molecule has 1 aromatic heterocycles. The standard InChI is InChI=1S/C20H25N3O5S2/c1-28-17-8-6-15(7-9-17)10-11-21-19(24)20(25)22-14-16-4-2-12-23(16)30(26,27)18-5-3-13-29-18/h3,5-9,13,16H,2,4,10-12,14H2,1H3,(H,21,24)(H,22,25)/t16-/m1/s1. The van der Waals surface area contributed by atoms with Crippen LogP contribution >= 0.6 is 11.3 Å². The Kier molecular flexibility index (Phi) is 7.46. The van der Waals surface area contributed by atoms with Crippen molar-refractivity contribution in [2.75, 3.05) is 26.7 Å². The van der Waals surface area contributed by atoms with E-state index in [0.29, 0.717) is 25.9 Å². The van der Waals surface area contributed by atoms with Crippen molar-refractivity contribution >= 4 is 33.2 Å². The summed E-state index contributed by atoms with van der Waals surface area (Å²) in [6, 6.07) is 10.4. The topological polar surface area (TPSA) is 105 Å². The first-order chi connectivity index (χ1) is 14.4. The fraction of sp³-hybridized carbons (Fsp3) is 0.400. The van der Waals surface area contributed by atoms with Gasteiger partial charge in [-0.2, -0.15) is 4.31 Å². The molecule has 0 saturated carbocycles. The maximum atomic E-state index is 12.7. The summed E-state index contributed by atoms with van der Waals surface area (Å²) >= 11 is 1.17. The minimum atomic E-state index is -3.57. The molecule has 0 unspecified atom stereocenters. The van der Waals surface area contributed by atoms with E-state index in [2.05, 4.69) is 10.6 Å². The van der Waals surface area contributed by atoms with Crippen LogP contribution in [0.1, 0.15) is 18.4 Å². The minimum absolute atomic E-state index is 0.106. The van der Waals surface area contributed by atoms with E-state index in [0.717, 1.165) is 17.7 Å². The molecule has 0 spiro atoms. The van der Waals surface area contributed by atoms with Gasteiger partial charge >= 0.3 is 11.8 Å². The summed E-state index contributed by atoms with van der Waals surface area (Å²) in [6.07, 6.45) is 1.95. The number of rotatable bonds is 8. The zero-order valence-electron chi connectivity index (χ0n) is 16.7. The highest BCUT2D eigenvalue weighted by Gasteiger charge is 2.36. The van der Waals surface area contributed by atoms with E-state index in [1.165, 1.54) is 15.6 Å². The molecule has 1 atom stereocenters. The zero-order valence-corrected chi connectivity index (χ0v) is 18.3. The van der Waals surface area contributed by atoms with Gasteiger partial charge in [0, 0.05) is 25.7 Å². The summed E-state index contributed by atoms with van der Waals surface area (Å²) in [5.74, 6) is -0.733. The molecule has 0 radical (unpaired) electrons. The third-order valence-electron chi connectivity index (χ3n) is 4.94. The molecule has 3 rings (SSSR count). The molecule has 1 saturated heterocycles. The first kappa shape index (κ1) is 22.3. The number of amides is 2. The number of hydrogen-bond acceptors (Lipinski definition) is 6. The average molecular weight is 452 g/mol. The van der Waals surface area contributed by atoms with Crippen molar-refractivity contribution in [1.82, 2.24) is 14.9 Å². The van der Waals surface area contributed by atoms with Crippen molar-refractivity contribution in [2.24, 2.45) is 0 Å². The van der Waals surface area contributed by atoms with Gasteiger partial charge in [-0.3, -0.25) is 9.59 Å². The summed E-state index contributed by atoms with van der Waals surface area (Å²) in [5.41, 5.74) is 1.01. The number of carbonyl (C=O) groups excluding carboxylic acids is 2. The van der Waals surface area contributed by atoms with E-state index in [1.54, 1.807) is 24.6 Å². The third-order valence-corrected chi connectivity index (χ3v) is 8.27. The van der Waals surface area contributed by atoms with Crippen LogP contribution in [0, 0.1) is 0 Å².